The average Bonchev–Trinajstić information content (AvgIpc) is 1.98. The minimum absolute atomic E-state index is 0.0485. The van der Waals surface area contributed by atoms with E-state index >= 15 is 0 Å². The van der Waals surface area contributed by atoms with Crippen LogP contribution in [0.25, 0.3) is 0 Å². The number of hydrogen-bond acceptors (Lipinski definition) is 4. The highest BCUT2D eigenvalue weighted by Gasteiger charge is 2.04. The summed E-state index contributed by atoms with van der Waals surface area (Å²) in [7, 11) is 1.47. The quantitative estimate of drug-likeness (QED) is 0.409. The molecular weight excluding hydrogens is 136 g/mol. The Morgan fingerprint density at radius 3 is 2.80 bits per heavy atom. The van der Waals surface area contributed by atoms with Gasteiger partial charge in [0.2, 0.25) is 0 Å². The molecule has 0 fully saturated rings. The summed E-state index contributed by atoms with van der Waals surface area (Å²) in [6.07, 6.45) is 0.437. The van der Waals surface area contributed by atoms with Gasteiger partial charge < -0.3 is 19.4 Å². The molecule has 1 atom stereocenters. The van der Waals surface area contributed by atoms with Crippen LogP contribution in [0.15, 0.2) is 0 Å². The molecule has 0 aromatic carbocycles. The molecule has 0 spiro atoms. The number of hydrogen-bond donors (Lipinski definition) is 1. The van der Waals surface area contributed by atoms with Gasteiger partial charge in [0.15, 0.2) is 0 Å². The summed E-state index contributed by atoms with van der Waals surface area (Å²) >= 11 is 0. The van der Waals surface area contributed by atoms with Crippen LogP contribution in [0.1, 0.15) is 6.42 Å². The van der Waals surface area contributed by atoms with Gasteiger partial charge in [-0.1, -0.05) is 0 Å². The normalized spacial score (nSPS) is 13.0. The fraction of sp³-hybridized carbons (Fsp3) is 0.833. The van der Waals surface area contributed by atoms with Gasteiger partial charge >= 0.3 is 0 Å². The smallest absolute Gasteiger partial charge is 0.148 e. The van der Waals surface area contributed by atoms with E-state index in [1.54, 1.807) is 0 Å². The van der Waals surface area contributed by atoms with Gasteiger partial charge in [0.25, 0.3) is 0 Å². The van der Waals surface area contributed by atoms with Gasteiger partial charge in [-0.3, -0.25) is 0 Å². The minimum Gasteiger partial charge on any atom is -0.396 e. The van der Waals surface area contributed by atoms with Gasteiger partial charge in [0.1, 0.15) is 19.2 Å². The summed E-state index contributed by atoms with van der Waals surface area (Å²) in [6.45, 7) is 0.0382. The lowest BCUT2D eigenvalue weighted by molar-refractivity contribution is -0.128. The van der Waals surface area contributed by atoms with E-state index in [1.165, 1.54) is 7.11 Å². The van der Waals surface area contributed by atoms with E-state index in [0.29, 0.717) is 12.7 Å². The average molecular weight is 148 g/mol. The van der Waals surface area contributed by atoms with Crippen molar-refractivity contribution in [2.24, 2.45) is 0 Å². The molecule has 0 saturated carbocycles. The standard InChI is InChI=1S/C6H12O4/c1-9-5-10-6(4-8)2-3-7/h4,6-7H,2-3,5H2,1H3. The molecule has 10 heavy (non-hydrogen) atoms. The van der Waals surface area contributed by atoms with Crippen LogP contribution < -0.4 is 0 Å². The zero-order valence-corrected chi connectivity index (χ0v) is 5.95. The number of carbonyl (C=O) groups is 1. The van der Waals surface area contributed by atoms with Gasteiger partial charge in [0, 0.05) is 20.1 Å². The lowest BCUT2D eigenvalue weighted by Gasteiger charge is -2.07. The predicted octanol–water partition coefficient (Wildman–Crippen LogP) is -0.443. The van der Waals surface area contributed by atoms with Crippen LogP contribution in [0.3, 0.4) is 0 Å². The van der Waals surface area contributed by atoms with Crippen LogP contribution in [0.4, 0.5) is 0 Å². The third-order valence-corrected chi connectivity index (χ3v) is 0.965. The van der Waals surface area contributed by atoms with Crippen molar-refractivity contribution >= 4 is 6.29 Å². The molecule has 0 amide bonds. The first-order valence-electron chi connectivity index (χ1n) is 3.01. The van der Waals surface area contributed by atoms with E-state index in [-0.39, 0.29) is 13.4 Å². The fourth-order valence-electron chi connectivity index (χ4n) is 0.473. The Morgan fingerprint density at radius 2 is 2.40 bits per heavy atom. The Balaban J connectivity index is 3.29. The number of aliphatic hydroxyl groups excluding tert-OH is 1. The third-order valence-electron chi connectivity index (χ3n) is 0.965. The first kappa shape index (κ1) is 9.55. The number of rotatable bonds is 6. The molecule has 0 heterocycles. The van der Waals surface area contributed by atoms with E-state index in [4.69, 9.17) is 9.84 Å². The van der Waals surface area contributed by atoms with E-state index < -0.39 is 6.10 Å². The van der Waals surface area contributed by atoms with Crippen molar-refractivity contribution in [3.8, 4) is 0 Å². The lowest BCUT2D eigenvalue weighted by Crippen LogP contribution is -2.17. The van der Waals surface area contributed by atoms with Crippen molar-refractivity contribution in [1.82, 2.24) is 0 Å². The number of aliphatic hydroxyl groups is 1. The molecule has 0 radical (unpaired) electrons. The second kappa shape index (κ2) is 6.67. The van der Waals surface area contributed by atoms with Gasteiger partial charge in [-0.2, -0.15) is 0 Å². The first-order chi connectivity index (χ1) is 4.85. The van der Waals surface area contributed by atoms with Gasteiger partial charge in [-0.15, -0.1) is 0 Å². The van der Waals surface area contributed by atoms with Gasteiger partial charge in [0.05, 0.1) is 0 Å². The fourth-order valence-corrected chi connectivity index (χ4v) is 0.473. The summed E-state index contributed by atoms with van der Waals surface area (Å²) in [4.78, 5) is 10.1. The molecule has 0 aliphatic rings. The van der Waals surface area contributed by atoms with Crippen LogP contribution >= 0.6 is 0 Å². The highest BCUT2D eigenvalue weighted by atomic mass is 16.7. The number of aldehydes is 1. The van der Waals surface area contributed by atoms with Crippen LogP contribution in [-0.2, 0) is 14.3 Å². The van der Waals surface area contributed by atoms with Crippen molar-refractivity contribution in [2.45, 2.75) is 12.5 Å². The van der Waals surface area contributed by atoms with Crippen LogP contribution in [0, 0.1) is 0 Å². The SMILES string of the molecule is COCOC(C=O)CCO. The molecule has 0 aromatic heterocycles. The van der Waals surface area contributed by atoms with Crippen molar-refractivity contribution in [3.05, 3.63) is 0 Å². The predicted molar refractivity (Wildman–Crippen MR) is 34.5 cm³/mol. The molecule has 1 unspecified atom stereocenters. The Labute approximate surface area is 59.7 Å². The van der Waals surface area contributed by atoms with Crippen molar-refractivity contribution in [1.29, 1.82) is 0 Å². The van der Waals surface area contributed by atoms with E-state index in [9.17, 15) is 4.79 Å². The summed E-state index contributed by atoms with van der Waals surface area (Å²) < 4.78 is 9.39. The molecule has 0 aliphatic heterocycles. The maximum absolute atomic E-state index is 10.1. The molecular formula is C6H12O4. The summed E-state index contributed by atoms with van der Waals surface area (Å²) in [5, 5.41) is 8.39. The van der Waals surface area contributed by atoms with E-state index in [0.717, 1.165) is 0 Å². The lowest BCUT2D eigenvalue weighted by atomic mass is 10.3. The van der Waals surface area contributed by atoms with E-state index in [1.807, 2.05) is 0 Å². The van der Waals surface area contributed by atoms with Crippen LogP contribution in [0.5, 0.6) is 0 Å². The van der Waals surface area contributed by atoms with Gasteiger partial charge in [-0.25, -0.2) is 0 Å². The Morgan fingerprint density at radius 1 is 1.70 bits per heavy atom. The van der Waals surface area contributed by atoms with Crippen molar-refractivity contribution in [2.75, 3.05) is 20.5 Å². The molecule has 1 N–H and O–H groups in total. The molecule has 0 saturated heterocycles. The van der Waals surface area contributed by atoms with Crippen LogP contribution in [-0.4, -0.2) is 38.0 Å². The topological polar surface area (TPSA) is 55.8 Å². The zero-order chi connectivity index (χ0) is 7.82. The second-order valence-electron chi connectivity index (χ2n) is 1.76. The number of carbonyl (C=O) groups excluding carboxylic acids is 1. The number of methoxy groups -OCH3 is 1. The Hall–Kier alpha value is -0.450. The minimum atomic E-state index is -0.537. The highest BCUT2D eigenvalue weighted by Crippen LogP contribution is 1.93. The molecule has 0 bridgehead atoms. The molecule has 4 nitrogen and oxygen atoms in total. The monoisotopic (exact) mass is 148 g/mol. The Bertz CT molecular complexity index is 83.8. The van der Waals surface area contributed by atoms with Gasteiger partial charge in [-0.05, 0) is 0 Å². The van der Waals surface area contributed by atoms with E-state index in [2.05, 4.69) is 4.74 Å². The third kappa shape index (κ3) is 4.43. The molecule has 0 rings (SSSR count). The van der Waals surface area contributed by atoms with Crippen molar-refractivity contribution in [3.63, 3.8) is 0 Å². The highest BCUT2D eigenvalue weighted by molar-refractivity contribution is 5.55. The largest absolute Gasteiger partial charge is 0.396 e. The maximum atomic E-state index is 10.1. The van der Waals surface area contributed by atoms with Crippen molar-refractivity contribution < 1.29 is 19.4 Å². The summed E-state index contributed by atoms with van der Waals surface area (Å²) in [5.74, 6) is 0. The summed E-state index contributed by atoms with van der Waals surface area (Å²) in [6, 6.07) is 0. The molecule has 0 aliphatic carbocycles. The van der Waals surface area contributed by atoms with Crippen LogP contribution in [0.2, 0.25) is 0 Å². The summed E-state index contributed by atoms with van der Waals surface area (Å²) in [5.41, 5.74) is 0. The molecule has 0 aromatic rings. The first-order valence-corrected chi connectivity index (χ1v) is 3.01. The Kier molecular flexibility index (Phi) is 6.37. The molecule has 4 heteroatoms. The second-order valence-corrected chi connectivity index (χ2v) is 1.76. The molecule has 60 valence electrons. The zero-order valence-electron chi connectivity index (χ0n) is 5.95. The number of ether oxygens (including phenoxy) is 2. The maximum Gasteiger partial charge on any atom is 0.148 e.